The molecule has 0 saturated carbocycles. The van der Waals surface area contributed by atoms with Crippen LogP contribution >= 0.6 is 0 Å². The minimum atomic E-state index is -0.402. The number of hydrogen-bond acceptors (Lipinski definition) is 3. The van der Waals surface area contributed by atoms with Crippen LogP contribution in [0, 0.1) is 11.3 Å². The minimum Gasteiger partial charge on any atom is -0.371 e. The van der Waals surface area contributed by atoms with Gasteiger partial charge in [-0.2, -0.15) is 5.26 Å². The predicted molar refractivity (Wildman–Crippen MR) is 70.1 cm³/mol. The lowest BCUT2D eigenvalue weighted by atomic mass is 10.0. The molecule has 0 amide bonds. The molecule has 94 valence electrons. The van der Waals surface area contributed by atoms with Crippen LogP contribution in [-0.4, -0.2) is 16.7 Å². The summed E-state index contributed by atoms with van der Waals surface area (Å²) in [5.41, 5.74) is 2.09. The Morgan fingerprint density at radius 1 is 1.50 bits per heavy atom. The Morgan fingerprint density at radius 2 is 2.22 bits per heavy atom. The number of ether oxygens (including phenoxy) is 1. The van der Waals surface area contributed by atoms with Gasteiger partial charge in [0.2, 0.25) is 0 Å². The first-order valence-corrected chi connectivity index (χ1v) is 5.98. The van der Waals surface area contributed by atoms with Crippen LogP contribution in [0.1, 0.15) is 31.7 Å². The zero-order chi connectivity index (χ0) is 13.3. The van der Waals surface area contributed by atoms with Gasteiger partial charge in [0.05, 0.1) is 22.7 Å². The smallest absolute Gasteiger partial charge is 0.141 e. The van der Waals surface area contributed by atoms with Crippen molar-refractivity contribution in [3.63, 3.8) is 0 Å². The van der Waals surface area contributed by atoms with Crippen LogP contribution in [0.3, 0.4) is 0 Å². The topological polar surface area (TPSA) is 50.8 Å². The number of hydrogen-bond donors (Lipinski definition) is 0. The van der Waals surface area contributed by atoms with E-state index >= 15 is 0 Å². The molecule has 0 aliphatic rings. The number of methoxy groups -OCH3 is 1. The van der Waals surface area contributed by atoms with E-state index in [1.54, 1.807) is 13.2 Å². The van der Waals surface area contributed by atoms with E-state index in [1.807, 2.05) is 30.7 Å². The van der Waals surface area contributed by atoms with Gasteiger partial charge in [-0.05, 0) is 31.5 Å². The Bertz CT molecular complexity index is 618. The molecule has 0 aliphatic heterocycles. The molecule has 1 heterocycles. The third-order valence-electron chi connectivity index (χ3n) is 3.61. The third kappa shape index (κ3) is 1.77. The number of imidazole rings is 1. The summed E-state index contributed by atoms with van der Waals surface area (Å²) in [4.78, 5) is 4.63. The molecule has 18 heavy (non-hydrogen) atoms. The third-order valence-corrected chi connectivity index (χ3v) is 3.61. The summed E-state index contributed by atoms with van der Waals surface area (Å²) in [7, 11) is 3.66. The molecule has 2 rings (SSSR count). The number of nitrogens with zero attached hydrogens (tertiary/aromatic N) is 3. The van der Waals surface area contributed by atoms with Gasteiger partial charge < -0.3 is 9.30 Å². The molecule has 4 nitrogen and oxygen atoms in total. The Balaban J connectivity index is 2.68. The fraction of sp³-hybridized carbons (Fsp3) is 0.429. The lowest BCUT2D eigenvalue weighted by molar-refractivity contribution is -0.0107. The first kappa shape index (κ1) is 12.6. The molecule has 1 aromatic heterocycles. The van der Waals surface area contributed by atoms with Crippen LogP contribution in [0.5, 0.6) is 0 Å². The van der Waals surface area contributed by atoms with Crippen molar-refractivity contribution in [2.24, 2.45) is 7.05 Å². The fourth-order valence-electron chi connectivity index (χ4n) is 2.13. The summed E-state index contributed by atoms with van der Waals surface area (Å²) >= 11 is 0. The van der Waals surface area contributed by atoms with Crippen molar-refractivity contribution in [2.75, 3.05) is 7.11 Å². The number of aryl methyl sites for hydroxylation is 1. The monoisotopic (exact) mass is 243 g/mol. The van der Waals surface area contributed by atoms with Crippen LogP contribution in [0.2, 0.25) is 0 Å². The van der Waals surface area contributed by atoms with Crippen molar-refractivity contribution < 1.29 is 4.74 Å². The summed E-state index contributed by atoms with van der Waals surface area (Å²) in [6, 6.07) is 7.67. The van der Waals surface area contributed by atoms with Crippen LogP contribution in [0.15, 0.2) is 18.2 Å². The second-order valence-electron chi connectivity index (χ2n) is 4.60. The van der Waals surface area contributed by atoms with Gasteiger partial charge in [-0.3, -0.25) is 0 Å². The van der Waals surface area contributed by atoms with Crippen molar-refractivity contribution in [1.29, 1.82) is 5.26 Å². The van der Waals surface area contributed by atoms with Crippen molar-refractivity contribution in [2.45, 2.75) is 25.9 Å². The molecule has 0 N–H and O–H groups in total. The van der Waals surface area contributed by atoms with Gasteiger partial charge in [0, 0.05) is 14.2 Å². The summed E-state index contributed by atoms with van der Waals surface area (Å²) in [5, 5.41) is 8.94. The number of fused-ring (bicyclic) bond motifs is 1. The van der Waals surface area contributed by atoms with Crippen molar-refractivity contribution >= 4 is 11.0 Å². The van der Waals surface area contributed by atoms with Gasteiger partial charge in [-0.15, -0.1) is 0 Å². The molecule has 1 atom stereocenters. The molecule has 0 bridgehead atoms. The lowest BCUT2D eigenvalue weighted by Gasteiger charge is -2.25. The summed E-state index contributed by atoms with van der Waals surface area (Å²) in [6.07, 6.45) is 0.839. The maximum absolute atomic E-state index is 8.94. The molecular weight excluding hydrogens is 226 g/mol. The molecule has 4 heteroatoms. The maximum atomic E-state index is 8.94. The van der Waals surface area contributed by atoms with E-state index in [0.717, 1.165) is 23.3 Å². The molecule has 1 unspecified atom stereocenters. The normalized spacial score (nSPS) is 14.4. The van der Waals surface area contributed by atoms with E-state index in [1.165, 1.54) is 0 Å². The van der Waals surface area contributed by atoms with Crippen molar-refractivity contribution in [1.82, 2.24) is 9.55 Å². The SMILES string of the molecule is CCC(C)(OC)c1nc2ccc(C#N)cc2n1C. The minimum absolute atomic E-state index is 0.402. The molecule has 1 aromatic carbocycles. The molecule has 0 fully saturated rings. The Labute approximate surface area is 107 Å². The highest BCUT2D eigenvalue weighted by molar-refractivity contribution is 5.77. The van der Waals surface area contributed by atoms with E-state index in [9.17, 15) is 0 Å². The lowest BCUT2D eigenvalue weighted by Crippen LogP contribution is -2.27. The van der Waals surface area contributed by atoms with Crippen LogP contribution < -0.4 is 0 Å². The van der Waals surface area contributed by atoms with E-state index < -0.39 is 5.60 Å². The quantitative estimate of drug-likeness (QED) is 0.832. The van der Waals surface area contributed by atoms with E-state index in [4.69, 9.17) is 10.00 Å². The fourth-order valence-corrected chi connectivity index (χ4v) is 2.13. The summed E-state index contributed by atoms with van der Waals surface area (Å²) in [6.45, 7) is 4.10. The summed E-state index contributed by atoms with van der Waals surface area (Å²) in [5.74, 6) is 0.887. The van der Waals surface area contributed by atoms with Crippen molar-refractivity contribution in [3.05, 3.63) is 29.6 Å². The highest BCUT2D eigenvalue weighted by Gasteiger charge is 2.29. The number of aromatic nitrogens is 2. The standard InChI is InChI=1S/C14H17N3O/c1-5-14(2,18-4)13-16-11-7-6-10(9-15)8-12(11)17(13)3/h6-8H,5H2,1-4H3. The molecule has 2 aromatic rings. The van der Waals surface area contributed by atoms with Gasteiger partial charge in [0.1, 0.15) is 11.4 Å². The largest absolute Gasteiger partial charge is 0.371 e. The second kappa shape index (κ2) is 4.43. The zero-order valence-electron chi connectivity index (χ0n) is 11.2. The van der Waals surface area contributed by atoms with Gasteiger partial charge in [-0.1, -0.05) is 6.92 Å². The van der Waals surface area contributed by atoms with Crippen LogP contribution in [0.25, 0.3) is 11.0 Å². The maximum Gasteiger partial charge on any atom is 0.141 e. The molecule has 0 radical (unpaired) electrons. The van der Waals surface area contributed by atoms with Gasteiger partial charge in [-0.25, -0.2) is 4.98 Å². The van der Waals surface area contributed by atoms with Crippen molar-refractivity contribution in [3.8, 4) is 6.07 Å². The molecular formula is C14H17N3O. The highest BCUT2D eigenvalue weighted by Crippen LogP contribution is 2.30. The van der Waals surface area contributed by atoms with Crippen LogP contribution in [0.4, 0.5) is 0 Å². The number of rotatable bonds is 3. The number of benzene rings is 1. The van der Waals surface area contributed by atoms with Gasteiger partial charge >= 0.3 is 0 Å². The van der Waals surface area contributed by atoms with E-state index in [-0.39, 0.29) is 0 Å². The first-order chi connectivity index (χ1) is 8.55. The Kier molecular flexibility index (Phi) is 3.10. The number of nitriles is 1. The van der Waals surface area contributed by atoms with Gasteiger partial charge in [0.15, 0.2) is 0 Å². The Morgan fingerprint density at radius 3 is 2.78 bits per heavy atom. The predicted octanol–water partition coefficient (Wildman–Crippen LogP) is 2.72. The zero-order valence-corrected chi connectivity index (χ0v) is 11.2. The molecule has 0 spiro atoms. The van der Waals surface area contributed by atoms with Crippen LogP contribution in [-0.2, 0) is 17.4 Å². The summed E-state index contributed by atoms with van der Waals surface area (Å²) < 4.78 is 7.59. The average molecular weight is 243 g/mol. The van der Waals surface area contributed by atoms with Gasteiger partial charge in [0.25, 0.3) is 0 Å². The highest BCUT2D eigenvalue weighted by atomic mass is 16.5. The molecule has 0 aliphatic carbocycles. The van der Waals surface area contributed by atoms with E-state index in [0.29, 0.717) is 5.56 Å². The second-order valence-corrected chi connectivity index (χ2v) is 4.60. The first-order valence-electron chi connectivity index (χ1n) is 5.98. The molecule has 0 saturated heterocycles. The average Bonchev–Trinajstić information content (AvgIpc) is 2.75. The Hall–Kier alpha value is -1.86. The van der Waals surface area contributed by atoms with E-state index in [2.05, 4.69) is 18.0 Å².